The molecule has 0 spiro atoms. The van der Waals surface area contributed by atoms with Crippen LogP contribution in [-0.4, -0.2) is 17.3 Å². The maximum absolute atomic E-state index is 6.21. The van der Waals surface area contributed by atoms with Crippen LogP contribution in [0.25, 0.3) is 11.5 Å². The molecule has 0 N–H and O–H groups in total. The van der Waals surface area contributed by atoms with Gasteiger partial charge in [0.1, 0.15) is 5.75 Å². The molecule has 24 heavy (non-hydrogen) atoms. The van der Waals surface area contributed by atoms with Gasteiger partial charge in [-0.15, -0.1) is 22.0 Å². The summed E-state index contributed by atoms with van der Waals surface area (Å²) in [5, 5.41) is 9.38. The van der Waals surface area contributed by atoms with E-state index in [0.717, 1.165) is 16.2 Å². The highest BCUT2D eigenvalue weighted by molar-refractivity contribution is 7.99. The number of hydrogen-bond donors (Lipinski definition) is 0. The van der Waals surface area contributed by atoms with Crippen molar-refractivity contribution in [2.75, 3.05) is 7.11 Å². The second-order valence-electron chi connectivity index (χ2n) is 4.98. The molecule has 2 aromatic carbocycles. The van der Waals surface area contributed by atoms with Crippen molar-refractivity contribution in [1.29, 1.82) is 0 Å². The predicted octanol–water partition coefficient (Wildman–Crippen LogP) is 5.91. The number of rotatable bonds is 5. The molecule has 3 rings (SSSR count). The van der Waals surface area contributed by atoms with E-state index in [2.05, 4.69) is 10.2 Å². The van der Waals surface area contributed by atoms with E-state index >= 15 is 0 Å². The van der Waals surface area contributed by atoms with E-state index in [1.165, 1.54) is 11.8 Å². The van der Waals surface area contributed by atoms with Gasteiger partial charge in [0.2, 0.25) is 11.8 Å². The van der Waals surface area contributed by atoms with E-state index in [-0.39, 0.29) is 5.25 Å². The molecule has 7 heteroatoms. The Morgan fingerprint density at radius 3 is 2.33 bits per heavy atom. The molecular formula is C17H14Cl2N2O2S. The summed E-state index contributed by atoms with van der Waals surface area (Å²) in [7, 11) is 1.62. The molecule has 124 valence electrons. The van der Waals surface area contributed by atoms with Crippen LogP contribution in [0.5, 0.6) is 5.75 Å². The summed E-state index contributed by atoms with van der Waals surface area (Å²) in [5.41, 5.74) is 0.836. The third kappa shape index (κ3) is 3.69. The summed E-state index contributed by atoms with van der Waals surface area (Å²) < 4.78 is 10.9. The summed E-state index contributed by atoms with van der Waals surface area (Å²) in [6.07, 6.45) is 0. The summed E-state index contributed by atoms with van der Waals surface area (Å²) in [5.74, 6) is 1.75. The monoisotopic (exact) mass is 380 g/mol. The second kappa shape index (κ2) is 7.47. The van der Waals surface area contributed by atoms with Gasteiger partial charge in [0.15, 0.2) is 0 Å². The van der Waals surface area contributed by atoms with E-state index in [1.807, 2.05) is 37.3 Å². The van der Waals surface area contributed by atoms with Gasteiger partial charge < -0.3 is 9.15 Å². The number of hydrogen-bond acceptors (Lipinski definition) is 5. The van der Waals surface area contributed by atoms with Crippen molar-refractivity contribution in [3.63, 3.8) is 0 Å². The van der Waals surface area contributed by atoms with Gasteiger partial charge in [-0.3, -0.25) is 0 Å². The van der Waals surface area contributed by atoms with Crippen molar-refractivity contribution in [3.8, 4) is 17.2 Å². The molecule has 0 aliphatic rings. The zero-order valence-corrected chi connectivity index (χ0v) is 15.3. The highest BCUT2D eigenvalue weighted by Gasteiger charge is 2.19. The van der Waals surface area contributed by atoms with E-state index in [9.17, 15) is 0 Å². The minimum atomic E-state index is -0.0816. The Hall–Kier alpha value is -1.69. The van der Waals surface area contributed by atoms with Crippen molar-refractivity contribution in [2.24, 2.45) is 0 Å². The molecule has 0 aliphatic carbocycles. The maximum Gasteiger partial charge on any atom is 0.247 e. The zero-order valence-electron chi connectivity index (χ0n) is 13.0. The van der Waals surface area contributed by atoms with E-state index in [0.29, 0.717) is 21.8 Å². The van der Waals surface area contributed by atoms with Gasteiger partial charge in [0.05, 0.1) is 22.4 Å². The molecule has 0 aliphatic heterocycles. The van der Waals surface area contributed by atoms with Crippen molar-refractivity contribution in [3.05, 3.63) is 58.4 Å². The Morgan fingerprint density at radius 2 is 1.71 bits per heavy atom. The number of nitrogens with zero attached hydrogens (tertiary/aromatic N) is 2. The fourth-order valence-corrected chi connectivity index (χ4v) is 3.65. The number of thioether (sulfide) groups is 1. The van der Waals surface area contributed by atoms with Crippen LogP contribution in [0.2, 0.25) is 10.0 Å². The third-order valence-electron chi connectivity index (χ3n) is 3.34. The van der Waals surface area contributed by atoms with Gasteiger partial charge in [0.25, 0.3) is 0 Å². The van der Waals surface area contributed by atoms with Gasteiger partial charge in [-0.25, -0.2) is 0 Å². The number of methoxy groups -OCH3 is 1. The van der Waals surface area contributed by atoms with Crippen LogP contribution in [-0.2, 0) is 0 Å². The third-order valence-corrected chi connectivity index (χ3v) is 5.42. The van der Waals surface area contributed by atoms with Crippen molar-refractivity contribution in [2.45, 2.75) is 17.1 Å². The lowest BCUT2D eigenvalue weighted by Gasteiger charge is -2.09. The fourth-order valence-electron chi connectivity index (χ4n) is 2.07. The number of ether oxygens (including phenoxy) is 1. The molecule has 0 saturated carbocycles. The first-order valence-corrected chi connectivity index (χ1v) is 8.80. The van der Waals surface area contributed by atoms with Crippen molar-refractivity contribution >= 4 is 35.0 Å². The Labute approximate surface area is 154 Å². The van der Waals surface area contributed by atoms with Crippen LogP contribution in [0, 0.1) is 0 Å². The lowest BCUT2D eigenvalue weighted by atomic mass is 10.2. The maximum atomic E-state index is 6.21. The van der Waals surface area contributed by atoms with Gasteiger partial charge in [-0.05, 0) is 43.3 Å². The standard InChI is InChI=1S/C17H14Cl2N2O2S/c1-10(24-15-13(18)4-3-5-14(15)19)16-20-21-17(23-16)11-6-8-12(22-2)9-7-11/h3-10H,1-2H3. The first-order chi connectivity index (χ1) is 11.6. The largest absolute Gasteiger partial charge is 0.497 e. The SMILES string of the molecule is COc1ccc(-c2nnc(C(C)Sc3c(Cl)cccc3Cl)o2)cc1. The van der Waals surface area contributed by atoms with Crippen LogP contribution in [0.1, 0.15) is 18.1 Å². The van der Waals surface area contributed by atoms with E-state index in [1.54, 1.807) is 19.2 Å². The Morgan fingerprint density at radius 1 is 1.04 bits per heavy atom. The fraction of sp³-hybridized carbons (Fsp3) is 0.176. The Bertz CT molecular complexity index is 817. The van der Waals surface area contributed by atoms with Gasteiger partial charge in [-0.1, -0.05) is 29.3 Å². The molecule has 1 unspecified atom stereocenters. The summed E-state index contributed by atoms with van der Waals surface area (Å²) in [6.45, 7) is 1.97. The lowest BCUT2D eigenvalue weighted by Crippen LogP contribution is -1.89. The minimum absolute atomic E-state index is 0.0816. The normalized spacial score (nSPS) is 12.2. The topological polar surface area (TPSA) is 48.2 Å². The Balaban J connectivity index is 1.79. The van der Waals surface area contributed by atoms with Crippen LogP contribution in [0.15, 0.2) is 51.8 Å². The molecule has 3 aromatic rings. The number of benzene rings is 2. The van der Waals surface area contributed by atoms with Crippen LogP contribution < -0.4 is 4.74 Å². The first-order valence-electron chi connectivity index (χ1n) is 7.17. The molecule has 0 radical (unpaired) electrons. The number of halogens is 2. The molecular weight excluding hydrogens is 367 g/mol. The smallest absolute Gasteiger partial charge is 0.247 e. The molecule has 1 atom stereocenters. The molecule has 1 heterocycles. The summed E-state index contributed by atoms with van der Waals surface area (Å²) >= 11 is 13.9. The molecule has 4 nitrogen and oxygen atoms in total. The lowest BCUT2D eigenvalue weighted by molar-refractivity contribution is 0.415. The average molecular weight is 381 g/mol. The zero-order chi connectivity index (χ0) is 17.1. The van der Waals surface area contributed by atoms with Gasteiger partial charge >= 0.3 is 0 Å². The highest BCUT2D eigenvalue weighted by Crippen LogP contribution is 2.42. The molecule has 0 fully saturated rings. The van der Waals surface area contributed by atoms with E-state index < -0.39 is 0 Å². The molecule has 1 aromatic heterocycles. The predicted molar refractivity (Wildman–Crippen MR) is 97.0 cm³/mol. The van der Waals surface area contributed by atoms with Crippen molar-refractivity contribution < 1.29 is 9.15 Å². The van der Waals surface area contributed by atoms with Crippen molar-refractivity contribution in [1.82, 2.24) is 10.2 Å². The van der Waals surface area contributed by atoms with Gasteiger partial charge in [-0.2, -0.15) is 0 Å². The Kier molecular flexibility index (Phi) is 5.33. The molecule has 0 saturated heterocycles. The highest BCUT2D eigenvalue weighted by atomic mass is 35.5. The first kappa shape index (κ1) is 17.1. The number of aromatic nitrogens is 2. The minimum Gasteiger partial charge on any atom is -0.497 e. The average Bonchev–Trinajstić information content (AvgIpc) is 3.08. The summed E-state index contributed by atoms with van der Waals surface area (Å²) in [4.78, 5) is 0.803. The van der Waals surface area contributed by atoms with Crippen LogP contribution in [0.3, 0.4) is 0 Å². The molecule has 0 amide bonds. The van der Waals surface area contributed by atoms with Gasteiger partial charge in [0, 0.05) is 10.5 Å². The van der Waals surface area contributed by atoms with E-state index in [4.69, 9.17) is 32.4 Å². The molecule has 0 bridgehead atoms. The van der Waals surface area contributed by atoms with Crippen LogP contribution >= 0.6 is 35.0 Å². The quantitative estimate of drug-likeness (QED) is 0.515. The second-order valence-corrected chi connectivity index (χ2v) is 7.15. The van der Waals surface area contributed by atoms with Crippen LogP contribution in [0.4, 0.5) is 0 Å². The summed E-state index contributed by atoms with van der Waals surface area (Å²) in [6, 6.07) is 12.9.